The summed E-state index contributed by atoms with van der Waals surface area (Å²) in [5.41, 5.74) is 11.0. The average molecular weight is 417 g/mol. The van der Waals surface area contributed by atoms with Gasteiger partial charge < -0.3 is 4.90 Å². The van der Waals surface area contributed by atoms with Crippen molar-refractivity contribution in [3.8, 4) is 11.8 Å². The molecule has 0 aromatic heterocycles. The van der Waals surface area contributed by atoms with E-state index in [2.05, 4.69) is 87.9 Å². The summed E-state index contributed by atoms with van der Waals surface area (Å²) in [6, 6.07) is 9.34. The van der Waals surface area contributed by atoms with Gasteiger partial charge in [-0.1, -0.05) is 75.3 Å². The SMILES string of the molecule is CCCC#Cc1c(CCC)ccc2c1CN(c1c(C)cc(C)cc1C)C2NCCCC. The van der Waals surface area contributed by atoms with Crippen molar-refractivity contribution in [3.63, 3.8) is 0 Å². The number of hydrogen-bond donors (Lipinski definition) is 1. The number of aryl methyl sites for hydroxylation is 4. The average Bonchev–Trinajstić information content (AvgIpc) is 3.07. The van der Waals surface area contributed by atoms with Gasteiger partial charge in [0.05, 0.1) is 0 Å². The number of rotatable bonds is 8. The maximum absolute atomic E-state index is 3.88. The minimum Gasteiger partial charge on any atom is -0.347 e. The number of hydrogen-bond acceptors (Lipinski definition) is 2. The van der Waals surface area contributed by atoms with Crippen molar-refractivity contribution in [2.45, 2.75) is 92.8 Å². The first kappa shape index (κ1) is 23.4. The number of nitrogens with one attached hydrogen (secondary N) is 1. The molecular formula is C29H40N2. The van der Waals surface area contributed by atoms with E-state index >= 15 is 0 Å². The molecule has 1 heterocycles. The first-order chi connectivity index (χ1) is 15.0. The monoisotopic (exact) mass is 416 g/mol. The van der Waals surface area contributed by atoms with Gasteiger partial charge in [0.2, 0.25) is 0 Å². The van der Waals surface area contributed by atoms with Crippen molar-refractivity contribution in [3.05, 3.63) is 63.2 Å². The summed E-state index contributed by atoms with van der Waals surface area (Å²) in [7, 11) is 0. The summed E-state index contributed by atoms with van der Waals surface area (Å²) in [4.78, 5) is 2.59. The normalized spacial score (nSPS) is 15.0. The molecule has 31 heavy (non-hydrogen) atoms. The molecule has 0 bridgehead atoms. The van der Waals surface area contributed by atoms with E-state index in [9.17, 15) is 0 Å². The van der Waals surface area contributed by atoms with Crippen LogP contribution >= 0.6 is 0 Å². The van der Waals surface area contributed by atoms with E-state index < -0.39 is 0 Å². The molecular weight excluding hydrogens is 376 g/mol. The predicted octanol–water partition coefficient (Wildman–Crippen LogP) is 7.12. The Morgan fingerprint density at radius 2 is 1.74 bits per heavy atom. The van der Waals surface area contributed by atoms with Gasteiger partial charge in [0.1, 0.15) is 6.17 Å². The zero-order valence-corrected chi connectivity index (χ0v) is 20.5. The van der Waals surface area contributed by atoms with Gasteiger partial charge in [0.15, 0.2) is 0 Å². The Kier molecular flexibility index (Phi) is 8.22. The Hall–Kier alpha value is -2.24. The second-order valence-corrected chi connectivity index (χ2v) is 9.05. The highest BCUT2D eigenvalue weighted by atomic mass is 15.3. The van der Waals surface area contributed by atoms with Gasteiger partial charge >= 0.3 is 0 Å². The molecule has 2 aromatic rings. The van der Waals surface area contributed by atoms with Crippen LogP contribution in [0.5, 0.6) is 0 Å². The maximum Gasteiger partial charge on any atom is 0.106 e. The van der Waals surface area contributed by atoms with Crippen molar-refractivity contribution in [1.82, 2.24) is 5.32 Å². The van der Waals surface area contributed by atoms with E-state index in [-0.39, 0.29) is 6.17 Å². The molecule has 1 aliphatic rings. The topological polar surface area (TPSA) is 15.3 Å². The fourth-order valence-corrected chi connectivity index (χ4v) is 4.95. The van der Waals surface area contributed by atoms with Crippen molar-refractivity contribution >= 4 is 5.69 Å². The first-order valence-electron chi connectivity index (χ1n) is 12.2. The first-order valence-corrected chi connectivity index (χ1v) is 12.2. The summed E-state index contributed by atoms with van der Waals surface area (Å²) in [6.07, 6.45) is 6.94. The summed E-state index contributed by atoms with van der Waals surface area (Å²) < 4.78 is 0. The molecule has 1 atom stereocenters. The molecule has 0 spiro atoms. The summed E-state index contributed by atoms with van der Waals surface area (Å²) >= 11 is 0. The molecule has 166 valence electrons. The summed E-state index contributed by atoms with van der Waals surface area (Å²) in [5, 5.41) is 3.88. The smallest absolute Gasteiger partial charge is 0.106 e. The lowest BCUT2D eigenvalue weighted by atomic mass is 9.94. The Morgan fingerprint density at radius 1 is 1.00 bits per heavy atom. The number of benzene rings is 2. The maximum atomic E-state index is 3.88. The lowest BCUT2D eigenvalue weighted by Crippen LogP contribution is -2.34. The number of anilines is 1. The molecule has 0 saturated carbocycles. The van der Waals surface area contributed by atoms with Gasteiger partial charge in [0.25, 0.3) is 0 Å². The molecule has 2 nitrogen and oxygen atoms in total. The molecule has 3 rings (SSSR count). The predicted molar refractivity (Wildman–Crippen MR) is 135 cm³/mol. The van der Waals surface area contributed by atoms with E-state index in [0.29, 0.717) is 0 Å². The zero-order valence-electron chi connectivity index (χ0n) is 20.5. The van der Waals surface area contributed by atoms with Crippen molar-refractivity contribution in [2.75, 3.05) is 11.4 Å². The van der Waals surface area contributed by atoms with Gasteiger partial charge in [-0.15, -0.1) is 0 Å². The second kappa shape index (κ2) is 10.9. The van der Waals surface area contributed by atoms with Crippen LogP contribution in [0.25, 0.3) is 0 Å². The highest BCUT2D eigenvalue weighted by Crippen LogP contribution is 2.41. The van der Waals surface area contributed by atoms with Crippen LogP contribution in [0.1, 0.15) is 98.0 Å². The molecule has 0 aliphatic carbocycles. The molecule has 0 fully saturated rings. The molecule has 0 amide bonds. The van der Waals surface area contributed by atoms with Gasteiger partial charge in [0, 0.05) is 24.2 Å². The minimum absolute atomic E-state index is 0.212. The molecule has 2 heteroatoms. The van der Waals surface area contributed by atoms with E-state index in [1.165, 1.54) is 57.5 Å². The van der Waals surface area contributed by atoms with Crippen molar-refractivity contribution in [2.24, 2.45) is 0 Å². The van der Waals surface area contributed by atoms with E-state index in [4.69, 9.17) is 0 Å². The van der Waals surface area contributed by atoms with Crippen LogP contribution in [0.4, 0.5) is 5.69 Å². The highest BCUT2D eigenvalue weighted by Gasteiger charge is 2.33. The van der Waals surface area contributed by atoms with E-state index in [1.54, 1.807) is 0 Å². The molecule has 1 N–H and O–H groups in total. The Morgan fingerprint density at radius 3 is 2.39 bits per heavy atom. The highest BCUT2D eigenvalue weighted by molar-refractivity contribution is 5.66. The molecule has 2 aromatic carbocycles. The standard InChI is InChI=1S/C29H40N2/c1-7-10-12-14-25-24(13-9-3)15-16-26-27(25)20-31(29(26)30-17-11-8-2)28-22(5)18-21(4)19-23(28)6/h15-16,18-19,29-30H,7-11,13,17,20H2,1-6H3. The van der Waals surface area contributed by atoms with Gasteiger partial charge in [-0.25, -0.2) is 0 Å². The zero-order chi connectivity index (χ0) is 22.4. The third kappa shape index (κ3) is 5.16. The van der Waals surface area contributed by atoms with Gasteiger partial charge in [-0.2, -0.15) is 0 Å². The second-order valence-electron chi connectivity index (χ2n) is 9.05. The van der Waals surface area contributed by atoms with Gasteiger partial charge in [-0.05, 0) is 74.4 Å². The van der Waals surface area contributed by atoms with Crippen LogP contribution in [-0.2, 0) is 13.0 Å². The molecule has 0 radical (unpaired) electrons. The van der Waals surface area contributed by atoms with Crippen LogP contribution in [-0.4, -0.2) is 6.54 Å². The fourth-order valence-electron chi connectivity index (χ4n) is 4.95. The number of unbranched alkanes of at least 4 members (excludes halogenated alkanes) is 2. The van der Waals surface area contributed by atoms with Crippen LogP contribution < -0.4 is 10.2 Å². The third-order valence-corrected chi connectivity index (χ3v) is 6.27. The Bertz CT molecular complexity index is 938. The summed E-state index contributed by atoms with van der Waals surface area (Å²) in [6.45, 7) is 15.4. The largest absolute Gasteiger partial charge is 0.347 e. The molecule has 1 unspecified atom stereocenters. The molecule has 1 aliphatic heterocycles. The lowest BCUT2D eigenvalue weighted by Gasteiger charge is -2.31. The third-order valence-electron chi connectivity index (χ3n) is 6.27. The molecule has 0 saturated heterocycles. The van der Waals surface area contributed by atoms with Gasteiger partial charge in [-0.3, -0.25) is 5.32 Å². The Labute approximate surface area is 190 Å². The minimum atomic E-state index is 0.212. The van der Waals surface area contributed by atoms with Crippen molar-refractivity contribution in [1.29, 1.82) is 0 Å². The van der Waals surface area contributed by atoms with Crippen molar-refractivity contribution < 1.29 is 0 Å². The number of fused-ring (bicyclic) bond motifs is 1. The van der Waals surface area contributed by atoms with E-state index in [0.717, 1.165) is 38.8 Å². The quantitative estimate of drug-likeness (QED) is 0.364. The number of nitrogens with zero attached hydrogens (tertiary/aromatic N) is 1. The summed E-state index contributed by atoms with van der Waals surface area (Å²) in [5.74, 6) is 7.04. The van der Waals surface area contributed by atoms with E-state index in [1.807, 2.05) is 0 Å². The van der Waals surface area contributed by atoms with Crippen LogP contribution in [0.15, 0.2) is 24.3 Å². The lowest BCUT2D eigenvalue weighted by molar-refractivity contribution is 0.515. The fraction of sp³-hybridized carbons (Fsp3) is 0.517. The van der Waals surface area contributed by atoms with Crippen LogP contribution in [0.2, 0.25) is 0 Å². The van der Waals surface area contributed by atoms with Crippen LogP contribution in [0.3, 0.4) is 0 Å². The Balaban J connectivity index is 2.11. The van der Waals surface area contributed by atoms with Crippen LogP contribution in [0, 0.1) is 32.6 Å².